The van der Waals surface area contributed by atoms with Gasteiger partial charge in [0.25, 0.3) is 0 Å². The number of ether oxygens (including phenoxy) is 7. The number of hydrogen-bond donors (Lipinski definition) is 5. The lowest BCUT2D eigenvalue weighted by Gasteiger charge is -2.27. The predicted molar refractivity (Wildman–Crippen MR) is 484 cm³/mol. The van der Waals surface area contributed by atoms with E-state index in [1.807, 2.05) is 53.1 Å². The standard InChI is InChI=1S/C14H18ClF3N2O.C14H22ClNO.C14H19F3N2O.2C13H15ClF3NO.C13H16F3NO.C12H18ClNO/c1-10-8-11(14(16,17)18)12(15)9-13(10)21-7-6-20-4-2-19-3-5-20;1-5-16(6-2)7-8-17-14-10-13(15)11(3)9-12(14)4;1-11-10-12(14(15,16)17)2-3-13(11)20-9-8-19-6-4-18-5-7-19;2*1-8-6-10(13(15,16)17)11(14)7-12(8)19-9-2-4-18-5-3-9;1-9-8-10(13(14,15)16)2-3-12(9)18-11-4-6-17-7-5-11;1-9-7-10(2)12(8-11(9)13)15-6-5-14(3)4/h8-9,19H,2-7H2,1H3;9-10H,5-8H2,1-4H3;2-3,10,18H,4-9H2,1H3;2*6-7,9,18H,2-5H2,1H3;2-3,8,11,17H,4-7H2,1H3;7-8H,5-6H2,1-4H3. The maximum absolute atomic E-state index is 12.7. The Morgan fingerprint density at radius 2 is 0.581 bits per heavy atom. The topological polar surface area (TPSA) is 138 Å². The fourth-order valence-electron chi connectivity index (χ4n) is 13.8. The van der Waals surface area contributed by atoms with Crippen LogP contribution >= 0.6 is 58.0 Å². The molecule has 0 bridgehead atoms. The first-order valence-electron chi connectivity index (χ1n) is 43.0. The van der Waals surface area contributed by atoms with Crippen molar-refractivity contribution in [2.75, 3.05) is 171 Å². The fraction of sp³-hybridized carbons (Fsp3) is 0.548. The van der Waals surface area contributed by atoms with Gasteiger partial charge in [0.1, 0.15) is 85.0 Å². The van der Waals surface area contributed by atoms with E-state index in [-0.39, 0.29) is 33.4 Å². The average molecular weight is 1940 g/mol. The quantitative estimate of drug-likeness (QED) is 0.0367. The van der Waals surface area contributed by atoms with Gasteiger partial charge in [-0.05, 0) is 302 Å². The van der Waals surface area contributed by atoms with Crippen LogP contribution in [0.25, 0.3) is 0 Å². The number of piperidine rings is 3. The highest BCUT2D eigenvalue weighted by Gasteiger charge is 2.38. The summed E-state index contributed by atoms with van der Waals surface area (Å²) >= 11 is 29.2. The summed E-state index contributed by atoms with van der Waals surface area (Å²) in [5.74, 6) is 4.13. The van der Waals surface area contributed by atoms with E-state index in [9.17, 15) is 65.9 Å². The second-order valence-corrected chi connectivity index (χ2v) is 34.1. The van der Waals surface area contributed by atoms with Crippen molar-refractivity contribution in [2.24, 2.45) is 0 Å². The van der Waals surface area contributed by atoms with Crippen LogP contribution in [0.15, 0.2) is 97.1 Å². The van der Waals surface area contributed by atoms with Gasteiger partial charge in [-0.3, -0.25) is 9.80 Å². The maximum Gasteiger partial charge on any atom is 0.417 e. The SMILES string of the molecule is CCN(CC)CCOc1cc(Cl)c(C)cc1C.Cc1cc(C(F)(F)F)c(Cl)cc1OC1CCNCC1.Cc1cc(C(F)(F)F)c(Cl)cc1OC1CCNCC1.Cc1cc(C(F)(F)F)c(Cl)cc1OCCN1CCNCC1.Cc1cc(C(F)(F)F)ccc1OC1CCNCC1.Cc1cc(C(F)(F)F)ccc1OCCN1CCNCC1.Cc1cc(C)c(OCCN(C)C)cc1Cl. The van der Waals surface area contributed by atoms with Crippen molar-refractivity contribution in [3.8, 4) is 40.2 Å². The second kappa shape index (κ2) is 53.9. The maximum atomic E-state index is 12.7. The van der Waals surface area contributed by atoms with Crippen molar-refractivity contribution in [3.05, 3.63) is 200 Å². The van der Waals surface area contributed by atoms with Crippen LogP contribution in [-0.2, 0) is 30.9 Å². The molecular weight excluding hydrogens is 1820 g/mol. The summed E-state index contributed by atoms with van der Waals surface area (Å²) in [6, 6.07) is 22.0. The largest absolute Gasteiger partial charge is 0.492 e. The summed E-state index contributed by atoms with van der Waals surface area (Å²) in [5.41, 5.74) is 3.14. The molecule has 16 nitrogen and oxygen atoms in total. The Labute approximate surface area is 774 Å². The highest BCUT2D eigenvalue weighted by Crippen LogP contribution is 2.43. The smallest absolute Gasteiger partial charge is 0.417 e. The summed E-state index contributed by atoms with van der Waals surface area (Å²) in [5, 5.41) is 16.7. The Kier molecular flexibility index (Phi) is 46.4. The van der Waals surface area contributed by atoms with Crippen LogP contribution in [0, 0.1) is 62.3 Å². The van der Waals surface area contributed by atoms with Crippen molar-refractivity contribution in [3.63, 3.8) is 0 Å². The number of nitrogens with zero attached hydrogens (tertiary/aromatic N) is 4. The van der Waals surface area contributed by atoms with Crippen LogP contribution < -0.4 is 59.7 Å². The van der Waals surface area contributed by atoms with Crippen molar-refractivity contribution < 1.29 is 99.0 Å². The molecule has 0 saturated carbocycles. The average Bonchev–Trinajstić information content (AvgIpc) is 0.812. The third-order valence-corrected chi connectivity index (χ3v) is 23.2. The van der Waals surface area contributed by atoms with Gasteiger partial charge in [0.2, 0.25) is 0 Å². The minimum absolute atomic E-state index is 0.0350. The lowest BCUT2D eigenvalue weighted by molar-refractivity contribution is -0.138. The zero-order chi connectivity index (χ0) is 95.6. The zero-order valence-corrected chi connectivity index (χ0v) is 79.2. The number of aryl methyl sites for hydroxylation is 9. The van der Waals surface area contributed by atoms with E-state index in [0.717, 1.165) is 256 Å². The monoisotopic (exact) mass is 1940 g/mol. The summed E-state index contributed by atoms with van der Waals surface area (Å²) in [4.78, 5) is 8.95. The number of hydrogen-bond acceptors (Lipinski definition) is 16. The summed E-state index contributed by atoms with van der Waals surface area (Å²) in [7, 11) is 4.05. The highest BCUT2D eigenvalue weighted by molar-refractivity contribution is 6.33. The third kappa shape index (κ3) is 39.3. The zero-order valence-electron chi connectivity index (χ0n) is 75.4. The molecule has 722 valence electrons. The molecular formula is C93H123Cl5F15N9O7. The molecule has 5 fully saturated rings. The molecule has 5 aliphatic rings. The van der Waals surface area contributed by atoms with Crippen LogP contribution in [0.1, 0.15) is 130 Å². The van der Waals surface area contributed by atoms with Crippen LogP contribution in [0.2, 0.25) is 25.1 Å². The summed E-state index contributed by atoms with van der Waals surface area (Å²) < 4.78 is 229. The first-order valence-corrected chi connectivity index (χ1v) is 44.9. The van der Waals surface area contributed by atoms with E-state index in [2.05, 4.69) is 73.0 Å². The van der Waals surface area contributed by atoms with Crippen molar-refractivity contribution in [1.29, 1.82) is 0 Å². The van der Waals surface area contributed by atoms with Gasteiger partial charge in [0, 0.05) is 88.6 Å². The van der Waals surface area contributed by atoms with Crippen LogP contribution in [0.3, 0.4) is 0 Å². The van der Waals surface area contributed by atoms with Gasteiger partial charge in [-0.15, -0.1) is 0 Å². The number of nitrogens with one attached hydrogen (secondary N) is 5. The van der Waals surface area contributed by atoms with Gasteiger partial charge in [-0.1, -0.05) is 84.0 Å². The number of alkyl halides is 15. The minimum Gasteiger partial charge on any atom is -0.492 e. The van der Waals surface area contributed by atoms with Gasteiger partial charge in [0.15, 0.2) is 0 Å². The van der Waals surface area contributed by atoms with Gasteiger partial charge in [-0.25, -0.2) is 0 Å². The second-order valence-electron chi connectivity index (χ2n) is 32.1. The molecule has 7 aromatic rings. The molecule has 0 atom stereocenters. The molecule has 0 aliphatic carbocycles. The fourth-order valence-corrected chi connectivity index (χ4v) is 14.9. The molecule has 5 heterocycles. The van der Waals surface area contributed by atoms with Gasteiger partial charge < -0.3 is 69.5 Å². The molecule has 0 radical (unpaired) electrons. The molecule has 5 saturated heterocycles. The molecule has 7 aromatic carbocycles. The summed E-state index contributed by atoms with van der Waals surface area (Å²) in [6.45, 7) is 41.3. The molecule has 12 rings (SSSR count). The minimum atomic E-state index is -4.44. The van der Waals surface area contributed by atoms with Crippen molar-refractivity contribution in [2.45, 2.75) is 164 Å². The lowest BCUT2D eigenvalue weighted by Crippen LogP contribution is -2.44. The normalized spacial score (nSPS) is 15.8. The van der Waals surface area contributed by atoms with Crippen molar-refractivity contribution >= 4 is 58.0 Å². The Morgan fingerprint density at radius 3 is 0.899 bits per heavy atom. The molecule has 5 aliphatic heterocycles. The number of benzene rings is 7. The van der Waals surface area contributed by atoms with Crippen LogP contribution in [0.5, 0.6) is 40.2 Å². The van der Waals surface area contributed by atoms with E-state index < -0.39 is 58.7 Å². The number of rotatable bonds is 24. The molecule has 0 aromatic heterocycles. The molecule has 0 unspecified atom stereocenters. The molecule has 5 N–H and O–H groups in total. The van der Waals surface area contributed by atoms with Crippen molar-refractivity contribution in [1.82, 2.24) is 46.2 Å². The Morgan fingerprint density at radius 1 is 0.310 bits per heavy atom. The Balaban J connectivity index is 0.000000232. The van der Waals surface area contributed by atoms with Gasteiger partial charge >= 0.3 is 30.9 Å². The Bertz CT molecular complexity index is 4450. The van der Waals surface area contributed by atoms with Gasteiger partial charge in [-0.2, -0.15) is 65.9 Å². The van der Waals surface area contributed by atoms with Crippen LogP contribution in [0.4, 0.5) is 65.9 Å². The third-order valence-electron chi connectivity index (χ3n) is 21.5. The number of halogens is 20. The summed E-state index contributed by atoms with van der Waals surface area (Å²) in [6.07, 6.45) is -16.6. The molecule has 0 amide bonds. The lowest BCUT2D eigenvalue weighted by atomic mass is 10.1. The van der Waals surface area contributed by atoms with E-state index in [1.165, 1.54) is 30.3 Å². The molecule has 129 heavy (non-hydrogen) atoms. The highest BCUT2D eigenvalue weighted by atomic mass is 35.5. The van der Waals surface area contributed by atoms with Crippen LogP contribution in [-0.4, -0.2) is 209 Å². The first kappa shape index (κ1) is 111. The Hall–Kier alpha value is -6.82. The van der Waals surface area contributed by atoms with E-state index >= 15 is 0 Å². The first-order chi connectivity index (χ1) is 60.6. The molecule has 0 spiro atoms. The number of likely N-dealkylation sites (N-methyl/N-ethyl adjacent to an activating group) is 2. The van der Waals surface area contributed by atoms with E-state index in [0.29, 0.717) is 83.0 Å². The van der Waals surface area contributed by atoms with E-state index in [4.69, 9.17) is 91.2 Å². The molecule has 36 heteroatoms. The predicted octanol–water partition coefficient (Wildman–Crippen LogP) is 22.6. The van der Waals surface area contributed by atoms with E-state index in [1.54, 1.807) is 34.6 Å². The van der Waals surface area contributed by atoms with Gasteiger partial charge in [0.05, 0.1) is 42.9 Å². The number of piperazine rings is 2.